The number of aromatic nitrogens is 2. The van der Waals surface area contributed by atoms with Gasteiger partial charge in [-0.2, -0.15) is 0 Å². The molecule has 0 fully saturated rings. The van der Waals surface area contributed by atoms with Crippen LogP contribution in [0.5, 0.6) is 0 Å². The predicted octanol–water partition coefficient (Wildman–Crippen LogP) is 4.04. The fourth-order valence-electron chi connectivity index (χ4n) is 1.65. The number of nitrogens with one attached hydrogen (secondary N) is 1. The molecule has 1 N–H and O–H groups in total. The van der Waals surface area contributed by atoms with E-state index in [0.717, 1.165) is 0 Å². The second-order valence-electron chi connectivity index (χ2n) is 5.35. The summed E-state index contributed by atoms with van der Waals surface area (Å²) in [5.74, 6) is 0.626. The van der Waals surface area contributed by atoms with Gasteiger partial charge in [-0.25, -0.2) is 4.98 Å². The maximum absolute atomic E-state index is 11.7. The van der Waals surface area contributed by atoms with Crippen molar-refractivity contribution in [3.63, 3.8) is 0 Å². The summed E-state index contributed by atoms with van der Waals surface area (Å²) in [6.45, 7) is 5.95. The molecule has 0 radical (unpaired) electrons. The minimum Gasteiger partial charge on any atom is -0.310 e. The molecule has 0 spiro atoms. The van der Waals surface area contributed by atoms with Crippen LogP contribution in [0.2, 0.25) is 10.0 Å². The summed E-state index contributed by atoms with van der Waals surface area (Å²) in [4.78, 5) is 19.0. The number of aromatic amines is 1. The SMILES string of the molecule is CC(C)(C)c1nc(-c2ccc(Cl)cc2Cl)cc(=O)[nH]1. The Morgan fingerprint density at radius 2 is 1.84 bits per heavy atom. The number of rotatable bonds is 1. The third-order valence-corrected chi connectivity index (χ3v) is 3.21. The lowest BCUT2D eigenvalue weighted by molar-refractivity contribution is 0.543. The Bertz CT molecular complexity index is 672. The van der Waals surface area contributed by atoms with Gasteiger partial charge in [-0.3, -0.25) is 4.79 Å². The lowest BCUT2D eigenvalue weighted by Gasteiger charge is -2.17. The van der Waals surface area contributed by atoms with Crippen molar-refractivity contribution in [2.24, 2.45) is 0 Å². The molecule has 3 nitrogen and oxygen atoms in total. The monoisotopic (exact) mass is 296 g/mol. The summed E-state index contributed by atoms with van der Waals surface area (Å²) in [5, 5.41) is 1.03. The summed E-state index contributed by atoms with van der Waals surface area (Å²) in [6, 6.07) is 6.56. The summed E-state index contributed by atoms with van der Waals surface area (Å²) >= 11 is 12.0. The summed E-state index contributed by atoms with van der Waals surface area (Å²) < 4.78 is 0. The number of nitrogens with zero attached hydrogens (tertiary/aromatic N) is 1. The molecule has 2 aromatic rings. The van der Waals surface area contributed by atoms with Gasteiger partial charge in [-0.1, -0.05) is 44.0 Å². The molecule has 0 bridgehead atoms. The molecule has 5 heteroatoms. The average Bonchev–Trinajstić information content (AvgIpc) is 2.26. The number of halogens is 2. The van der Waals surface area contributed by atoms with Crippen LogP contribution in [0.3, 0.4) is 0 Å². The van der Waals surface area contributed by atoms with Crippen molar-refractivity contribution < 1.29 is 0 Å². The largest absolute Gasteiger partial charge is 0.310 e. The highest BCUT2D eigenvalue weighted by Crippen LogP contribution is 2.29. The van der Waals surface area contributed by atoms with Crippen LogP contribution in [-0.2, 0) is 5.41 Å². The van der Waals surface area contributed by atoms with E-state index >= 15 is 0 Å². The summed E-state index contributed by atoms with van der Waals surface area (Å²) in [5.41, 5.74) is 0.813. The molecular weight excluding hydrogens is 283 g/mol. The van der Waals surface area contributed by atoms with E-state index in [9.17, 15) is 4.79 Å². The molecule has 1 aromatic carbocycles. The highest BCUT2D eigenvalue weighted by atomic mass is 35.5. The van der Waals surface area contributed by atoms with Crippen LogP contribution in [0.25, 0.3) is 11.3 Å². The van der Waals surface area contributed by atoms with E-state index in [4.69, 9.17) is 23.2 Å². The Hall–Kier alpha value is -1.32. The molecule has 0 saturated carbocycles. The van der Waals surface area contributed by atoms with Crippen molar-refractivity contribution in [2.75, 3.05) is 0 Å². The van der Waals surface area contributed by atoms with E-state index in [2.05, 4.69) is 9.97 Å². The molecule has 0 aliphatic rings. The molecule has 0 unspecified atom stereocenters. The van der Waals surface area contributed by atoms with Crippen molar-refractivity contribution >= 4 is 23.2 Å². The predicted molar refractivity (Wildman–Crippen MR) is 79.0 cm³/mol. The van der Waals surface area contributed by atoms with Gasteiger partial charge in [-0.05, 0) is 18.2 Å². The Balaban J connectivity index is 2.63. The summed E-state index contributed by atoms with van der Waals surface area (Å²) in [6.07, 6.45) is 0. The first kappa shape index (κ1) is 14.1. The minimum absolute atomic E-state index is 0.194. The van der Waals surface area contributed by atoms with Crippen molar-refractivity contribution in [3.8, 4) is 11.3 Å². The van der Waals surface area contributed by atoms with Crippen molar-refractivity contribution in [1.29, 1.82) is 0 Å². The zero-order valence-corrected chi connectivity index (χ0v) is 12.4. The minimum atomic E-state index is -0.242. The average molecular weight is 297 g/mol. The van der Waals surface area contributed by atoms with E-state index in [1.54, 1.807) is 18.2 Å². The van der Waals surface area contributed by atoms with Crippen molar-refractivity contribution in [2.45, 2.75) is 26.2 Å². The lowest BCUT2D eigenvalue weighted by Crippen LogP contribution is -2.21. The number of benzene rings is 1. The van der Waals surface area contributed by atoms with Crippen LogP contribution in [0.1, 0.15) is 26.6 Å². The van der Waals surface area contributed by atoms with Gasteiger partial charge in [0.25, 0.3) is 5.56 Å². The zero-order chi connectivity index (χ0) is 14.2. The molecule has 19 heavy (non-hydrogen) atoms. The topological polar surface area (TPSA) is 45.8 Å². The van der Waals surface area contributed by atoms with Gasteiger partial charge in [0, 0.05) is 22.1 Å². The van der Waals surface area contributed by atoms with E-state index in [-0.39, 0.29) is 11.0 Å². The number of hydrogen-bond acceptors (Lipinski definition) is 2. The standard InChI is InChI=1S/C14H14Cl2N2O/c1-14(2,3)13-17-11(7-12(19)18-13)9-5-4-8(15)6-10(9)16/h4-7H,1-3H3,(H,17,18,19). The fraction of sp³-hybridized carbons (Fsp3) is 0.286. The Morgan fingerprint density at radius 1 is 1.16 bits per heavy atom. The second kappa shape index (κ2) is 4.99. The van der Waals surface area contributed by atoms with Crippen LogP contribution < -0.4 is 5.56 Å². The van der Waals surface area contributed by atoms with Gasteiger partial charge in [0.2, 0.25) is 0 Å². The first-order chi connectivity index (χ1) is 8.77. The van der Waals surface area contributed by atoms with Gasteiger partial charge in [0.05, 0.1) is 10.7 Å². The molecular formula is C14H14Cl2N2O. The maximum atomic E-state index is 11.7. The summed E-state index contributed by atoms with van der Waals surface area (Å²) in [7, 11) is 0. The normalized spacial score (nSPS) is 11.6. The van der Waals surface area contributed by atoms with Gasteiger partial charge >= 0.3 is 0 Å². The van der Waals surface area contributed by atoms with Crippen molar-refractivity contribution in [1.82, 2.24) is 9.97 Å². The van der Waals surface area contributed by atoms with E-state index < -0.39 is 0 Å². The molecule has 100 valence electrons. The van der Waals surface area contributed by atoms with Gasteiger partial charge in [-0.15, -0.1) is 0 Å². The molecule has 0 saturated heterocycles. The highest BCUT2D eigenvalue weighted by Gasteiger charge is 2.18. The molecule has 1 aromatic heterocycles. The first-order valence-electron chi connectivity index (χ1n) is 5.84. The third kappa shape index (κ3) is 3.17. The molecule has 0 aliphatic heterocycles. The Morgan fingerprint density at radius 3 is 2.42 bits per heavy atom. The number of hydrogen-bond donors (Lipinski definition) is 1. The van der Waals surface area contributed by atoms with Crippen LogP contribution in [-0.4, -0.2) is 9.97 Å². The number of H-pyrrole nitrogens is 1. The molecule has 0 amide bonds. The zero-order valence-electron chi connectivity index (χ0n) is 10.9. The molecule has 0 atom stereocenters. The third-order valence-electron chi connectivity index (χ3n) is 2.66. The van der Waals surface area contributed by atoms with Gasteiger partial charge in [0.15, 0.2) is 0 Å². The van der Waals surface area contributed by atoms with E-state index in [1.165, 1.54) is 6.07 Å². The van der Waals surface area contributed by atoms with Crippen LogP contribution in [0.4, 0.5) is 0 Å². The van der Waals surface area contributed by atoms with Crippen LogP contribution in [0.15, 0.2) is 29.1 Å². The molecule has 1 heterocycles. The van der Waals surface area contributed by atoms with Crippen molar-refractivity contribution in [3.05, 3.63) is 50.5 Å². The second-order valence-corrected chi connectivity index (χ2v) is 6.20. The lowest BCUT2D eigenvalue weighted by atomic mass is 9.95. The Kier molecular flexibility index (Phi) is 3.70. The molecule has 2 rings (SSSR count). The maximum Gasteiger partial charge on any atom is 0.251 e. The highest BCUT2D eigenvalue weighted by molar-refractivity contribution is 6.36. The smallest absolute Gasteiger partial charge is 0.251 e. The van der Waals surface area contributed by atoms with Gasteiger partial charge in [0.1, 0.15) is 5.82 Å². The molecule has 0 aliphatic carbocycles. The Labute approximate surface area is 121 Å². The van der Waals surface area contributed by atoms with E-state index in [0.29, 0.717) is 27.1 Å². The quantitative estimate of drug-likeness (QED) is 0.863. The van der Waals surface area contributed by atoms with Gasteiger partial charge < -0.3 is 4.98 Å². The fourth-order valence-corrected chi connectivity index (χ4v) is 2.15. The first-order valence-corrected chi connectivity index (χ1v) is 6.60. The van der Waals surface area contributed by atoms with Crippen LogP contribution in [0, 0.1) is 0 Å². The van der Waals surface area contributed by atoms with Crippen LogP contribution >= 0.6 is 23.2 Å². The van der Waals surface area contributed by atoms with E-state index in [1.807, 2.05) is 20.8 Å².